The van der Waals surface area contributed by atoms with Gasteiger partial charge in [0.1, 0.15) is 22.4 Å². The summed E-state index contributed by atoms with van der Waals surface area (Å²) in [4.78, 5) is 1.00. The molecule has 3 aliphatic heterocycles. The van der Waals surface area contributed by atoms with Gasteiger partial charge >= 0.3 is 24.2 Å². The third-order valence-corrected chi connectivity index (χ3v) is 22.5. The minimum absolute atomic E-state index is 0.0147. The molecule has 19 heteroatoms. The summed E-state index contributed by atoms with van der Waals surface area (Å²) < 4.78 is 173. The molecule has 426 valence electrons. The fourth-order valence-electron chi connectivity index (χ4n) is 17.5. The number of epoxide rings is 1. The van der Waals surface area contributed by atoms with Crippen molar-refractivity contribution in [2.75, 3.05) is 32.7 Å². The third kappa shape index (κ3) is 7.72. The summed E-state index contributed by atoms with van der Waals surface area (Å²) in [6.45, 7) is 13.4. The quantitative estimate of drug-likeness (QED) is 0.118. The number of benzene rings is 1. The Hall–Kier alpha value is -1.97. The Morgan fingerprint density at radius 2 is 1.09 bits per heavy atom. The van der Waals surface area contributed by atoms with Crippen molar-refractivity contribution in [1.29, 1.82) is 0 Å². The first-order valence-corrected chi connectivity index (χ1v) is 28.6. The average molecular weight is 1110 g/mol. The van der Waals surface area contributed by atoms with Crippen molar-refractivity contribution in [3.8, 4) is 0 Å². The van der Waals surface area contributed by atoms with Crippen LogP contribution in [0.4, 0.5) is 43.9 Å². The monoisotopic (exact) mass is 1110 g/mol. The van der Waals surface area contributed by atoms with E-state index in [0.29, 0.717) is 84.2 Å². The topological polar surface area (TPSA) is 110 Å². The van der Waals surface area contributed by atoms with Crippen LogP contribution in [0.3, 0.4) is 0 Å². The molecule has 3 heterocycles. The maximum atomic E-state index is 15.2. The highest BCUT2D eigenvalue weighted by atomic mass is 32.2. The van der Waals surface area contributed by atoms with Gasteiger partial charge in [-0.2, -0.15) is 43.9 Å². The molecule has 12 atom stereocenters. The van der Waals surface area contributed by atoms with Crippen LogP contribution in [-0.2, 0) is 23.7 Å². The van der Waals surface area contributed by atoms with Crippen molar-refractivity contribution in [3.05, 3.63) is 52.6 Å². The van der Waals surface area contributed by atoms with E-state index in [1.807, 2.05) is 36.6 Å². The number of alkyl halides is 10. The standard InChI is InChI=1S/C32H41F5O4S.C25H33F5O4/c1-26(2)17-40-29(41-18-26)13-10-24-25-21(9-12-28(24,38)16-29)23-11-14-30(39,31(33,34)32(35,36)37)27(23,3)15-22(25)19-5-7-20(42-4)8-6-19;1-18(2)13-32-21(33-14-18)10-11-22-17-5-7-19(3)16(15(17)4-8-20(22,12-21)34-22)6-9-23(19,31)24(26,27)25(28,29)30/h5-8,21-23,38-39H,9-18H2,1-4H3;5,15-16,31H,4,6-14H2,1-3H3/t21?,22-,23?,27+,28-,30+;15-,16-,19-,20?,22+,23-/m10/s1. The van der Waals surface area contributed by atoms with Crippen LogP contribution in [0.5, 0.6) is 0 Å². The Labute approximate surface area is 442 Å². The lowest BCUT2D eigenvalue weighted by molar-refractivity contribution is -0.362. The summed E-state index contributed by atoms with van der Waals surface area (Å²) in [5, 5.41) is 34.6. The Morgan fingerprint density at radius 3 is 1.63 bits per heavy atom. The Bertz CT molecular complexity index is 2530. The zero-order valence-electron chi connectivity index (χ0n) is 44.5. The van der Waals surface area contributed by atoms with Crippen LogP contribution in [0, 0.1) is 45.3 Å². The van der Waals surface area contributed by atoms with Crippen molar-refractivity contribution in [2.24, 2.45) is 45.3 Å². The van der Waals surface area contributed by atoms with E-state index in [1.54, 1.807) is 11.8 Å². The second-order valence-corrected chi connectivity index (χ2v) is 28.1. The van der Waals surface area contributed by atoms with Gasteiger partial charge in [0.25, 0.3) is 0 Å². The molecule has 0 radical (unpaired) electrons. The SMILES string of the molecule is CC1(C)COC2(CC[C@]34OC3(CC[C@@H]3C4=CC[C@@]4(C)[C@H]3CC[C@@]4(O)C(F)(F)C(F)(F)F)C2)OC1.CSc1ccc([C@H]2C[C@@]3(C)C(CC[C@@]3(O)C(F)(F)C(F)(F)F)C3CC[C@@]4(O)CC5(CCC4=C32)OCC(C)(C)CO5)cc1. The van der Waals surface area contributed by atoms with E-state index in [4.69, 9.17) is 23.7 Å². The molecule has 0 amide bonds. The summed E-state index contributed by atoms with van der Waals surface area (Å²) in [5.74, 6) is -14.0. The number of halogens is 10. The summed E-state index contributed by atoms with van der Waals surface area (Å²) >= 11 is 1.55. The van der Waals surface area contributed by atoms with Gasteiger partial charge in [-0.15, -0.1) is 11.8 Å². The van der Waals surface area contributed by atoms with Crippen LogP contribution in [0.1, 0.15) is 156 Å². The lowest BCUT2D eigenvalue weighted by Gasteiger charge is -2.59. The summed E-state index contributed by atoms with van der Waals surface area (Å²) in [6.07, 6.45) is -3.58. The highest BCUT2D eigenvalue weighted by Gasteiger charge is 2.83. The number of rotatable bonds is 4. The van der Waals surface area contributed by atoms with Gasteiger partial charge in [-0.1, -0.05) is 65.3 Å². The molecule has 3 N–H and O–H groups in total. The molecule has 3 unspecified atom stereocenters. The number of hydrogen-bond donors (Lipinski definition) is 3. The minimum Gasteiger partial charge on any atom is -0.385 e. The summed E-state index contributed by atoms with van der Waals surface area (Å²) in [7, 11) is 0. The first-order valence-electron chi connectivity index (χ1n) is 27.4. The largest absolute Gasteiger partial charge is 0.456 e. The van der Waals surface area contributed by atoms with Crippen LogP contribution in [0.25, 0.3) is 0 Å². The van der Waals surface area contributed by atoms with E-state index in [2.05, 4.69) is 27.7 Å². The molecule has 76 heavy (non-hydrogen) atoms. The molecule has 6 saturated carbocycles. The first kappa shape index (κ1) is 55.9. The number of allylic oxidation sites excluding steroid dienone is 2. The van der Waals surface area contributed by atoms with Gasteiger partial charge in [-0.05, 0) is 136 Å². The molecular formula is C57H74F10O8S. The molecule has 2 spiro atoms. The zero-order chi connectivity index (χ0) is 55.2. The first-order chi connectivity index (χ1) is 35.0. The molecule has 0 aromatic heterocycles. The lowest BCUT2D eigenvalue weighted by atomic mass is 9.49. The predicted molar refractivity (Wildman–Crippen MR) is 260 cm³/mol. The van der Waals surface area contributed by atoms with E-state index in [-0.39, 0.29) is 54.8 Å². The average Bonchev–Trinajstić information content (AvgIpc) is 3.84. The van der Waals surface area contributed by atoms with E-state index in [0.717, 1.165) is 27.2 Å². The van der Waals surface area contributed by atoms with Crippen molar-refractivity contribution in [3.63, 3.8) is 0 Å². The number of thioether (sulfide) groups is 1. The van der Waals surface area contributed by atoms with Gasteiger partial charge in [0.05, 0.1) is 32.0 Å². The summed E-state index contributed by atoms with van der Waals surface area (Å²) in [5.41, 5.74) is -8.23. The molecule has 1 aromatic carbocycles. The van der Waals surface area contributed by atoms with Gasteiger partial charge in [0.15, 0.2) is 11.6 Å². The van der Waals surface area contributed by atoms with Crippen LogP contribution in [0.2, 0.25) is 0 Å². The van der Waals surface area contributed by atoms with E-state index < -0.39 is 105 Å². The highest BCUT2D eigenvalue weighted by Crippen LogP contribution is 2.76. The van der Waals surface area contributed by atoms with E-state index >= 15 is 8.78 Å². The third-order valence-electron chi connectivity index (χ3n) is 21.8. The van der Waals surface area contributed by atoms with E-state index in [1.165, 1.54) is 13.8 Å². The summed E-state index contributed by atoms with van der Waals surface area (Å²) in [6, 6.07) is 7.68. The van der Waals surface area contributed by atoms with Gasteiger partial charge < -0.3 is 39.0 Å². The van der Waals surface area contributed by atoms with Crippen molar-refractivity contribution in [2.45, 2.75) is 219 Å². The maximum absolute atomic E-state index is 15.2. The number of ether oxygens (including phenoxy) is 5. The maximum Gasteiger partial charge on any atom is 0.456 e. The Morgan fingerprint density at radius 1 is 0.579 bits per heavy atom. The van der Waals surface area contributed by atoms with E-state index in [9.17, 15) is 50.4 Å². The Balaban J connectivity index is 0.000000166. The van der Waals surface area contributed by atoms with Gasteiger partial charge in [0.2, 0.25) is 0 Å². The lowest BCUT2D eigenvalue weighted by Crippen LogP contribution is -2.65. The predicted octanol–water partition coefficient (Wildman–Crippen LogP) is 13.2. The molecule has 8 aliphatic carbocycles. The van der Waals surface area contributed by atoms with Crippen molar-refractivity contribution in [1.82, 2.24) is 0 Å². The van der Waals surface area contributed by atoms with Crippen molar-refractivity contribution < 1.29 is 82.9 Å². The Kier molecular flexibility index (Phi) is 12.6. The van der Waals surface area contributed by atoms with Crippen LogP contribution < -0.4 is 0 Å². The van der Waals surface area contributed by atoms with Crippen LogP contribution in [-0.4, -0.2) is 112 Å². The van der Waals surface area contributed by atoms with Crippen LogP contribution in [0.15, 0.2) is 52.0 Å². The van der Waals surface area contributed by atoms with Crippen LogP contribution >= 0.6 is 11.8 Å². The normalized spacial score (nSPS) is 43.7. The fourth-order valence-corrected chi connectivity index (χ4v) is 17.9. The second kappa shape index (κ2) is 17.1. The molecule has 11 aliphatic rings. The van der Waals surface area contributed by atoms with Gasteiger partial charge in [0, 0.05) is 58.2 Å². The molecule has 8 nitrogen and oxygen atoms in total. The molecule has 9 fully saturated rings. The number of fused-ring (bicyclic) bond motifs is 7. The molecule has 12 rings (SSSR count). The molecule has 1 aromatic rings. The van der Waals surface area contributed by atoms with Gasteiger partial charge in [-0.25, -0.2) is 0 Å². The molecule has 0 bridgehead atoms. The molecular weight excluding hydrogens is 1030 g/mol. The number of aliphatic hydroxyl groups is 3. The van der Waals surface area contributed by atoms with Crippen molar-refractivity contribution >= 4 is 11.8 Å². The fraction of sp³-hybridized carbons (Fsp3) is 0.825. The minimum atomic E-state index is -5.87. The molecule has 3 saturated heterocycles. The smallest absolute Gasteiger partial charge is 0.385 e. The zero-order valence-corrected chi connectivity index (χ0v) is 45.3. The second-order valence-electron chi connectivity index (χ2n) is 27.2. The van der Waals surface area contributed by atoms with Gasteiger partial charge in [-0.3, -0.25) is 0 Å². The highest BCUT2D eigenvalue weighted by molar-refractivity contribution is 7.98. The number of hydrogen-bond acceptors (Lipinski definition) is 9.